The van der Waals surface area contributed by atoms with Crippen LogP contribution in [0.3, 0.4) is 0 Å². The monoisotopic (exact) mass is 214 g/mol. The molecular formula is C14H14O2. The molecule has 0 saturated carbocycles. The SMILES string of the molecule is OC(O)c1ccc(Cc2ccccc2)cc1. The summed E-state index contributed by atoms with van der Waals surface area (Å²) in [5.74, 6) is 0. The van der Waals surface area contributed by atoms with Gasteiger partial charge in [0.05, 0.1) is 0 Å². The second-order valence-corrected chi connectivity index (χ2v) is 3.78. The maximum atomic E-state index is 8.96. The van der Waals surface area contributed by atoms with Gasteiger partial charge in [0.1, 0.15) is 0 Å². The van der Waals surface area contributed by atoms with Crippen molar-refractivity contribution in [3.63, 3.8) is 0 Å². The zero-order valence-electron chi connectivity index (χ0n) is 8.88. The van der Waals surface area contributed by atoms with Crippen molar-refractivity contribution in [2.24, 2.45) is 0 Å². The lowest BCUT2D eigenvalue weighted by Crippen LogP contribution is -1.95. The molecule has 0 bridgehead atoms. The summed E-state index contributed by atoms with van der Waals surface area (Å²) in [5, 5.41) is 17.9. The van der Waals surface area contributed by atoms with Gasteiger partial charge in [-0.25, -0.2) is 0 Å². The Hall–Kier alpha value is -1.64. The molecule has 0 aliphatic heterocycles. The van der Waals surface area contributed by atoms with E-state index in [2.05, 4.69) is 12.1 Å². The molecule has 0 spiro atoms. The summed E-state index contributed by atoms with van der Waals surface area (Å²) in [7, 11) is 0. The number of hydrogen-bond acceptors (Lipinski definition) is 2. The van der Waals surface area contributed by atoms with Crippen LogP contribution in [0.25, 0.3) is 0 Å². The average molecular weight is 214 g/mol. The Balaban J connectivity index is 2.11. The highest BCUT2D eigenvalue weighted by atomic mass is 16.5. The summed E-state index contributed by atoms with van der Waals surface area (Å²) in [6.07, 6.45) is -0.520. The zero-order chi connectivity index (χ0) is 11.4. The smallest absolute Gasteiger partial charge is 0.178 e. The molecule has 0 aliphatic rings. The fourth-order valence-corrected chi connectivity index (χ4v) is 1.64. The Morgan fingerprint density at radius 1 is 0.750 bits per heavy atom. The molecule has 2 aromatic rings. The first-order valence-electron chi connectivity index (χ1n) is 5.24. The first-order chi connectivity index (χ1) is 7.75. The molecule has 0 radical (unpaired) electrons. The van der Waals surface area contributed by atoms with E-state index >= 15 is 0 Å². The summed E-state index contributed by atoms with van der Waals surface area (Å²) in [6.45, 7) is 0. The zero-order valence-corrected chi connectivity index (χ0v) is 8.88. The highest BCUT2D eigenvalue weighted by molar-refractivity contribution is 5.28. The minimum Gasteiger partial charge on any atom is -0.364 e. The van der Waals surface area contributed by atoms with E-state index in [4.69, 9.17) is 10.2 Å². The topological polar surface area (TPSA) is 40.5 Å². The van der Waals surface area contributed by atoms with Gasteiger partial charge in [0.2, 0.25) is 0 Å². The largest absolute Gasteiger partial charge is 0.364 e. The van der Waals surface area contributed by atoms with Crippen molar-refractivity contribution in [3.8, 4) is 0 Å². The van der Waals surface area contributed by atoms with Crippen LogP contribution in [0.1, 0.15) is 23.0 Å². The van der Waals surface area contributed by atoms with Crippen LogP contribution < -0.4 is 0 Å². The van der Waals surface area contributed by atoms with Crippen LogP contribution in [-0.2, 0) is 6.42 Å². The summed E-state index contributed by atoms with van der Waals surface area (Å²) >= 11 is 0. The maximum absolute atomic E-state index is 8.96. The van der Waals surface area contributed by atoms with Gasteiger partial charge in [0.15, 0.2) is 6.29 Å². The van der Waals surface area contributed by atoms with Gasteiger partial charge in [0, 0.05) is 5.56 Å². The van der Waals surface area contributed by atoms with E-state index in [-0.39, 0.29) is 0 Å². The molecule has 0 fully saturated rings. The second-order valence-electron chi connectivity index (χ2n) is 3.78. The molecule has 0 saturated heterocycles. The van der Waals surface area contributed by atoms with E-state index in [9.17, 15) is 0 Å². The van der Waals surface area contributed by atoms with Gasteiger partial charge in [-0.15, -0.1) is 0 Å². The van der Waals surface area contributed by atoms with Crippen LogP contribution in [0.2, 0.25) is 0 Å². The highest BCUT2D eigenvalue weighted by Crippen LogP contribution is 2.13. The Bertz CT molecular complexity index is 432. The van der Waals surface area contributed by atoms with Gasteiger partial charge < -0.3 is 10.2 Å². The van der Waals surface area contributed by atoms with Gasteiger partial charge in [0.25, 0.3) is 0 Å². The van der Waals surface area contributed by atoms with Gasteiger partial charge in [-0.3, -0.25) is 0 Å². The fourth-order valence-electron chi connectivity index (χ4n) is 1.64. The number of hydrogen-bond donors (Lipinski definition) is 2. The van der Waals surface area contributed by atoms with Gasteiger partial charge >= 0.3 is 0 Å². The first kappa shape index (κ1) is 10.9. The Kier molecular flexibility index (Phi) is 3.34. The molecule has 2 heteroatoms. The number of aliphatic hydroxyl groups excluding tert-OH is 1. The van der Waals surface area contributed by atoms with Crippen molar-refractivity contribution in [1.82, 2.24) is 0 Å². The first-order valence-corrected chi connectivity index (χ1v) is 5.24. The van der Waals surface area contributed by atoms with Crippen LogP contribution in [-0.4, -0.2) is 10.2 Å². The predicted octanol–water partition coefficient (Wildman–Crippen LogP) is 2.26. The minimum atomic E-state index is -1.38. The van der Waals surface area contributed by atoms with Crippen molar-refractivity contribution in [2.45, 2.75) is 12.7 Å². The van der Waals surface area contributed by atoms with E-state index in [1.165, 1.54) is 5.56 Å². The lowest BCUT2D eigenvalue weighted by atomic mass is 10.0. The number of benzene rings is 2. The Morgan fingerprint density at radius 3 is 1.88 bits per heavy atom. The molecule has 0 atom stereocenters. The van der Waals surface area contributed by atoms with Crippen molar-refractivity contribution >= 4 is 0 Å². The van der Waals surface area contributed by atoms with Crippen LogP contribution in [0, 0.1) is 0 Å². The molecule has 0 heterocycles. The molecule has 2 nitrogen and oxygen atoms in total. The summed E-state index contributed by atoms with van der Waals surface area (Å²) in [6, 6.07) is 17.5. The van der Waals surface area contributed by atoms with Crippen molar-refractivity contribution in [1.29, 1.82) is 0 Å². The summed E-state index contributed by atoms with van der Waals surface area (Å²) < 4.78 is 0. The Morgan fingerprint density at radius 2 is 1.31 bits per heavy atom. The molecule has 16 heavy (non-hydrogen) atoms. The van der Waals surface area contributed by atoms with Crippen molar-refractivity contribution in [2.75, 3.05) is 0 Å². The summed E-state index contributed by atoms with van der Waals surface area (Å²) in [4.78, 5) is 0. The molecule has 82 valence electrons. The molecule has 2 N–H and O–H groups in total. The summed E-state index contributed by atoms with van der Waals surface area (Å²) in [5.41, 5.74) is 2.94. The minimum absolute atomic E-state index is 0.525. The molecule has 2 aromatic carbocycles. The van der Waals surface area contributed by atoms with E-state index < -0.39 is 6.29 Å². The fraction of sp³-hybridized carbons (Fsp3) is 0.143. The maximum Gasteiger partial charge on any atom is 0.178 e. The van der Waals surface area contributed by atoms with Crippen molar-refractivity contribution in [3.05, 3.63) is 71.3 Å². The van der Waals surface area contributed by atoms with E-state index in [0.29, 0.717) is 5.56 Å². The molecule has 0 aromatic heterocycles. The van der Waals surface area contributed by atoms with Gasteiger partial charge in [-0.2, -0.15) is 0 Å². The molecule has 0 aliphatic carbocycles. The van der Waals surface area contributed by atoms with E-state index in [1.54, 1.807) is 12.1 Å². The quantitative estimate of drug-likeness (QED) is 0.769. The predicted molar refractivity (Wildman–Crippen MR) is 62.9 cm³/mol. The lowest BCUT2D eigenvalue weighted by molar-refractivity contribution is -0.0424. The van der Waals surface area contributed by atoms with Crippen LogP contribution in [0.15, 0.2) is 54.6 Å². The highest BCUT2D eigenvalue weighted by Gasteiger charge is 2.01. The third kappa shape index (κ3) is 2.69. The Labute approximate surface area is 94.8 Å². The number of aliphatic hydroxyl groups is 2. The van der Waals surface area contributed by atoms with Crippen molar-refractivity contribution < 1.29 is 10.2 Å². The van der Waals surface area contributed by atoms with Crippen LogP contribution in [0.5, 0.6) is 0 Å². The third-order valence-electron chi connectivity index (χ3n) is 2.53. The molecule has 2 rings (SSSR count). The van der Waals surface area contributed by atoms with Crippen LogP contribution >= 0.6 is 0 Å². The molecule has 0 unspecified atom stereocenters. The third-order valence-corrected chi connectivity index (χ3v) is 2.53. The lowest BCUT2D eigenvalue weighted by Gasteiger charge is -2.05. The average Bonchev–Trinajstić information content (AvgIpc) is 2.31. The van der Waals surface area contributed by atoms with Crippen LogP contribution in [0.4, 0.5) is 0 Å². The standard InChI is InChI=1S/C14H14O2/c15-14(16)13-8-6-12(7-9-13)10-11-4-2-1-3-5-11/h1-9,14-16H,10H2. The van der Waals surface area contributed by atoms with E-state index in [0.717, 1.165) is 12.0 Å². The molecular weight excluding hydrogens is 200 g/mol. The second kappa shape index (κ2) is 4.92. The van der Waals surface area contributed by atoms with E-state index in [1.807, 2.05) is 30.3 Å². The molecule has 0 amide bonds. The van der Waals surface area contributed by atoms with Gasteiger partial charge in [-0.1, -0.05) is 54.6 Å². The normalized spacial score (nSPS) is 10.7. The van der Waals surface area contributed by atoms with Gasteiger partial charge in [-0.05, 0) is 17.5 Å². The number of rotatable bonds is 3.